The zero-order valence-electron chi connectivity index (χ0n) is 9.62. The molecule has 0 N–H and O–H groups in total. The number of hydrogen-bond acceptors (Lipinski definition) is 3. The molecular formula is C11H22O2S. The average Bonchev–Trinajstić information content (AvgIpc) is 2.10. The zero-order chi connectivity index (χ0) is 11.1. The van der Waals surface area contributed by atoms with Crippen LogP contribution in [0.4, 0.5) is 0 Å². The Balaban J connectivity index is 3.54. The predicted molar refractivity (Wildman–Crippen MR) is 62.6 cm³/mol. The Labute approximate surface area is 92.8 Å². The van der Waals surface area contributed by atoms with Gasteiger partial charge in [0.15, 0.2) is 0 Å². The summed E-state index contributed by atoms with van der Waals surface area (Å²) in [7, 11) is 0. The van der Waals surface area contributed by atoms with Crippen molar-refractivity contribution in [2.24, 2.45) is 11.8 Å². The van der Waals surface area contributed by atoms with Crippen LogP contribution in [0.3, 0.4) is 0 Å². The molecule has 0 radical (unpaired) electrons. The van der Waals surface area contributed by atoms with E-state index < -0.39 is 0 Å². The Kier molecular flexibility index (Phi) is 7.06. The second-order valence-electron chi connectivity index (χ2n) is 4.39. The van der Waals surface area contributed by atoms with E-state index in [4.69, 9.17) is 4.74 Å². The fourth-order valence-electron chi connectivity index (χ4n) is 1.02. The Morgan fingerprint density at radius 3 is 2.29 bits per heavy atom. The Hall–Kier alpha value is -0.180. The summed E-state index contributed by atoms with van der Waals surface area (Å²) < 4.78 is 5.10. The summed E-state index contributed by atoms with van der Waals surface area (Å²) in [5, 5.41) is -0.283. The van der Waals surface area contributed by atoms with Gasteiger partial charge in [-0.25, -0.2) is 0 Å². The molecule has 0 aromatic carbocycles. The highest BCUT2D eigenvalue weighted by Gasteiger charge is 2.18. The minimum atomic E-state index is -0.283. The normalized spacial score (nSPS) is 13.4. The summed E-state index contributed by atoms with van der Waals surface area (Å²) in [6.45, 7) is 8.79. The van der Waals surface area contributed by atoms with E-state index in [9.17, 15) is 4.79 Å². The van der Waals surface area contributed by atoms with Crippen molar-refractivity contribution in [1.82, 2.24) is 0 Å². The van der Waals surface area contributed by atoms with E-state index in [1.54, 1.807) is 0 Å². The van der Waals surface area contributed by atoms with Crippen LogP contribution in [0.5, 0.6) is 0 Å². The van der Waals surface area contributed by atoms with Crippen LogP contribution < -0.4 is 0 Å². The van der Waals surface area contributed by atoms with Crippen LogP contribution in [0.2, 0.25) is 0 Å². The molecule has 0 aromatic rings. The lowest BCUT2D eigenvalue weighted by Crippen LogP contribution is -2.23. The number of hydrogen-bond donors (Lipinski definition) is 1. The molecule has 0 spiro atoms. The topological polar surface area (TPSA) is 26.3 Å². The molecule has 0 aliphatic rings. The maximum Gasteiger partial charge on any atom is 0.319 e. The molecule has 0 heterocycles. The second kappa shape index (κ2) is 7.16. The minimum absolute atomic E-state index is 0.188. The first-order valence-corrected chi connectivity index (χ1v) is 5.81. The summed E-state index contributed by atoms with van der Waals surface area (Å²) in [4.78, 5) is 11.3. The number of ether oxygens (including phenoxy) is 1. The Morgan fingerprint density at radius 2 is 1.86 bits per heavy atom. The molecule has 0 aliphatic carbocycles. The molecule has 0 bridgehead atoms. The molecule has 0 fully saturated rings. The highest BCUT2D eigenvalue weighted by molar-refractivity contribution is 7.81. The van der Waals surface area contributed by atoms with Gasteiger partial charge in [0.05, 0.1) is 6.61 Å². The van der Waals surface area contributed by atoms with Crippen molar-refractivity contribution in [2.45, 2.75) is 45.8 Å². The lowest BCUT2D eigenvalue weighted by atomic mass is 10.1. The van der Waals surface area contributed by atoms with Crippen molar-refractivity contribution < 1.29 is 9.53 Å². The van der Waals surface area contributed by atoms with Crippen LogP contribution in [-0.4, -0.2) is 17.8 Å². The van der Waals surface area contributed by atoms with Crippen molar-refractivity contribution in [3.8, 4) is 0 Å². The lowest BCUT2D eigenvalue weighted by molar-refractivity contribution is -0.143. The molecule has 1 atom stereocenters. The minimum Gasteiger partial charge on any atom is -0.465 e. The molecule has 0 aromatic heterocycles. The molecule has 0 saturated carbocycles. The van der Waals surface area contributed by atoms with Gasteiger partial charge in [0.25, 0.3) is 0 Å². The zero-order valence-corrected chi connectivity index (χ0v) is 10.5. The quantitative estimate of drug-likeness (QED) is 0.421. The fourth-order valence-corrected chi connectivity index (χ4v) is 1.10. The third kappa shape index (κ3) is 6.30. The van der Waals surface area contributed by atoms with E-state index in [-0.39, 0.29) is 17.1 Å². The Morgan fingerprint density at radius 1 is 1.29 bits per heavy atom. The smallest absolute Gasteiger partial charge is 0.319 e. The molecule has 84 valence electrons. The van der Waals surface area contributed by atoms with Crippen LogP contribution in [0.15, 0.2) is 0 Å². The highest BCUT2D eigenvalue weighted by Crippen LogP contribution is 2.11. The van der Waals surface area contributed by atoms with E-state index in [0.717, 1.165) is 12.8 Å². The molecule has 14 heavy (non-hydrogen) atoms. The van der Waals surface area contributed by atoms with Gasteiger partial charge in [-0.3, -0.25) is 4.79 Å². The van der Waals surface area contributed by atoms with Crippen molar-refractivity contribution in [3.63, 3.8) is 0 Å². The molecular weight excluding hydrogens is 196 g/mol. The Bertz CT molecular complexity index is 167. The number of esters is 1. The third-order valence-electron chi connectivity index (χ3n) is 2.04. The molecule has 0 rings (SSSR count). The van der Waals surface area contributed by atoms with Crippen LogP contribution >= 0.6 is 12.6 Å². The lowest BCUT2D eigenvalue weighted by Gasteiger charge is -2.13. The van der Waals surface area contributed by atoms with Crippen molar-refractivity contribution in [3.05, 3.63) is 0 Å². The summed E-state index contributed by atoms with van der Waals surface area (Å²) in [6, 6.07) is 0. The van der Waals surface area contributed by atoms with Gasteiger partial charge in [0.1, 0.15) is 5.25 Å². The van der Waals surface area contributed by atoms with Gasteiger partial charge in [-0.2, -0.15) is 12.6 Å². The van der Waals surface area contributed by atoms with Crippen molar-refractivity contribution in [1.29, 1.82) is 0 Å². The van der Waals surface area contributed by atoms with Gasteiger partial charge >= 0.3 is 5.97 Å². The van der Waals surface area contributed by atoms with Crippen LogP contribution in [0.25, 0.3) is 0 Å². The van der Waals surface area contributed by atoms with E-state index in [2.05, 4.69) is 26.5 Å². The molecule has 0 aliphatic heterocycles. The summed E-state index contributed by atoms with van der Waals surface area (Å²) in [6.07, 6.45) is 2.05. The third-order valence-corrected chi connectivity index (χ3v) is 2.85. The van der Waals surface area contributed by atoms with Gasteiger partial charge in [-0.05, 0) is 24.7 Å². The van der Waals surface area contributed by atoms with E-state index >= 15 is 0 Å². The summed E-state index contributed by atoms with van der Waals surface area (Å²) in [5.41, 5.74) is 0. The maximum atomic E-state index is 11.3. The van der Waals surface area contributed by atoms with Gasteiger partial charge < -0.3 is 4.74 Å². The van der Waals surface area contributed by atoms with Gasteiger partial charge in [0, 0.05) is 0 Å². The second-order valence-corrected chi connectivity index (χ2v) is 4.95. The van der Waals surface area contributed by atoms with Gasteiger partial charge in [-0.1, -0.05) is 27.7 Å². The van der Waals surface area contributed by atoms with E-state index in [0.29, 0.717) is 12.5 Å². The fraction of sp³-hybridized carbons (Fsp3) is 0.909. The average molecular weight is 218 g/mol. The van der Waals surface area contributed by atoms with Gasteiger partial charge in [-0.15, -0.1) is 0 Å². The first-order valence-electron chi connectivity index (χ1n) is 5.29. The first-order chi connectivity index (χ1) is 6.45. The monoisotopic (exact) mass is 218 g/mol. The van der Waals surface area contributed by atoms with Crippen molar-refractivity contribution in [2.75, 3.05) is 6.61 Å². The molecule has 0 saturated heterocycles. The number of carbonyl (C=O) groups is 1. The van der Waals surface area contributed by atoms with E-state index in [1.165, 1.54) is 0 Å². The predicted octanol–water partition coefficient (Wildman–Crippen LogP) is 2.92. The van der Waals surface area contributed by atoms with Crippen LogP contribution in [-0.2, 0) is 9.53 Å². The number of rotatable bonds is 6. The van der Waals surface area contributed by atoms with Gasteiger partial charge in [0.2, 0.25) is 0 Å². The summed E-state index contributed by atoms with van der Waals surface area (Å²) >= 11 is 4.19. The van der Waals surface area contributed by atoms with Crippen LogP contribution in [0.1, 0.15) is 40.5 Å². The maximum absolute atomic E-state index is 11.3. The molecule has 1 unspecified atom stereocenters. The standard InChI is InChI=1S/C11H22O2S/c1-8(2)6-5-7-13-11(12)10(14)9(3)4/h8-10,14H,5-7H2,1-4H3. The highest BCUT2D eigenvalue weighted by atomic mass is 32.1. The number of thiol groups is 1. The molecule has 2 nitrogen and oxygen atoms in total. The largest absolute Gasteiger partial charge is 0.465 e. The number of carbonyl (C=O) groups excluding carboxylic acids is 1. The molecule has 3 heteroatoms. The first kappa shape index (κ1) is 13.8. The van der Waals surface area contributed by atoms with E-state index in [1.807, 2.05) is 13.8 Å². The van der Waals surface area contributed by atoms with Crippen LogP contribution in [0, 0.1) is 11.8 Å². The molecule has 0 amide bonds. The van der Waals surface area contributed by atoms with Crippen molar-refractivity contribution >= 4 is 18.6 Å². The SMILES string of the molecule is CC(C)CCCOC(=O)C(S)C(C)C. The summed E-state index contributed by atoms with van der Waals surface area (Å²) in [5.74, 6) is 0.716.